The molecule has 0 saturated heterocycles. The van der Waals surface area contributed by atoms with Gasteiger partial charge >= 0.3 is 0 Å². The summed E-state index contributed by atoms with van der Waals surface area (Å²) < 4.78 is 0. The highest BCUT2D eigenvalue weighted by Crippen LogP contribution is 2.14. The lowest BCUT2D eigenvalue weighted by atomic mass is 10.0. The number of imide groups is 2. The number of primary amides is 1. The quantitative estimate of drug-likeness (QED) is 0.0853. The highest BCUT2D eigenvalue weighted by molar-refractivity contribution is 8.40. The zero-order chi connectivity index (χ0) is 35.8. The van der Waals surface area contributed by atoms with Gasteiger partial charge in [-0.05, 0) is 61.1 Å². The molecule has 0 unspecified atom stereocenters. The molecule has 0 aromatic heterocycles. The Morgan fingerprint density at radius 3 is 1.32 bits per heavy atom. The summed E-state index contributed by atoms with van der Waals surface area (Å²) in [4.78, 5) is 92.5. The van der Waals surface area contributed by atoms with Gasteiger partial charge in [-0.3, -0.25) is 48.2 Å². The lowest BCUT2D eigenvalue weighted by molar-refractivity contribution is -0.139. The maximum absolute atomic E-state index is 11.6. The predicted octanol–water partition coefficient (Wildman–Crippen LogP) is 4.99. The smallest absolute Gasteiger partial charge is 0.253 e. The molecule has 0 aromatic rings. The molecule has 2 aliphatic heterocycles. The molecular formula is C31H56N5O8P3S3. The minimum Gasteiger partial charge on any atom is -0.369 e. The van der Waals surface area contributed by atoms with Crippen LogP contribution in [0.2, 0.25) is 0 Å². The molecule has 0 bridgehead atoms. The van der Waals surface area contributed by atoms with Crippen molar-refractivity contribution in [2.45, 2.75) is 87.5 Å². The molecule has 0 fully saturated rings. The second-order valence-corrected chi connectivity index (χ2v) is 15.7. The van der Waals surface area contributed by atoms with Crippen LogP contribution in [-0.4, -0.2) is 82.9 Å². The zero-order valence-electron chi connectivity index (χ0n) is 26.3. The third-order valence-electron chi connectivity index (χ3n) is 6.73. The summed E-state index contributed by atoms with van der Waals surface area (Å²) in [5.41, 5.74) is 5.21. The third-order valence-corrected chi connectivity index (χ3v) is 10.6. The number of amides is 7. The van der Waals surface area contributed by atoms with Crippen LogP contribution in [-0.2, 0) is 73.8 Å². The number of nitrogens with zero attached hydrogens (tertiary/aromatic N) is 2. The van der Waals surface area contributed by atoms with Crippen LogP contribution in [0, 0.1) is 11.8 Å². The van der Waals surface area contributed by atoms with Gasteiger partial charge in [0.15, 0.2) is 5.52 Å². The minimum atomic E-state index is -0.381. The highest BCUT2D eigenvalue weighted by atomic mass is 32.7. The van der Waals surface area contributed by atoms with E-state index in [4.69, 9.17) is 5.73 Å². The van der Waals surface area contributed by atoms with Crippen LogP contribution in [0.15, 0.2) is 24.3 Å². The summed E-state index contributed by atoms with van der Waals surface area (Å²) in [6.07, 6.45) is 9.63. The zero-order valence-corrected chi connectivity index (χ0v) is 31.4. The average Bonchev–Trinajstić information content (AvgIpc) is 3.55. The van der Waals surface area contributed by atoms with Crippen LogP contribution in [0.25, 0.3) is 0 Å². The molecule has 286 valence electrons. The van der Waals surface area contributed by atoms with Gasteiger partial charge in [-0.25, -0.2) is 0 Å². The molecule has 7 amide bonds. The van der Waals surface area contributed by atoms with Crippen LogP contribution in [0.4, 0.5) is 0 Å². The average molecular weight is 816 g/mol. The molecule has 13 nitrogen and oxygen atoms in total. The van der Waals surface area contributed by atoms with Crippen molar-refractivity contribution in [2.24, 2.45) is 17.6 Å². The van der Waals surface area contributed by atoms with Gasteiger partial charge in [-0.2, -0.15) is 0 Å². The Bertz CT molecular complexity index is 1220. The summed E-state index contributed by atoms with van der Waals surface area (Å²) in [5.74, 6) is -2.41. The van der Waals surface area contributed by atoms with Crippen molar-refractivity contribution in [1.82, 2.24) is 20.4 Å². The van der Waals surface area contributed by atoms with Crippen molar-refractivity contribution in [3.63, 3.8) is 0 Å². The Balaban J connectivity index is -0.000000169. The molecule has 2 atom stereocenters. The number of carbonyl (C=O) groups excluding carboxylic acids is 8. The van der Waals surface area contributed by atoms with E-state index < -0.39 is 0 Å². The highest BCUT2D eigenvalue weighted by Gasteiger charge is 2.24. The first-order valence-corrected chi connectivity index (χ1v) is 21.1. The normalized spacial score (nSPS) is 14.0. The van der Waals surface area contributed by atoms with E-state index in [9.17, 15) is 38.4 Å². The van der Waals surface area contributed by atoms with E-state index in [1.807, 2.05) is 6.92 Å². The number of nitrogens with one attached hydrogen (secondary N) is 2. The lowest BCUT2D eigenvalue weighted by Gasteiger charge is -2.13. The van der Waals surface area contributed by atoms with Crippen LogP contribution in [0.3, 0.4) is 0 Å². The van der Waals surface area contributed by atoms with Gasteiger partial charge in [-0.1, -0.05) is 49.0 Å². The van der Waals surface area contributed by atoms with Crippen LogP contribution < -0.4 is 16.4 Å². The van der Waals surface area contributed by atoms with Crippen molar-refractivity contribution in [2.75, 3.05) is 26.2 Å². The van der Waals surface area contributed by atoms with Gasteiger partial charge in [0.05, 0.1) is 7.36 Å². The van der Waals surface area contributed by atoms with Crippen molar-refractivity contribution in [3.05, 3.63) is 24.3 Å². The topological polar surface area (TPSA) is 193 Å². The summed E-state index contributed by atoms with van der Waals surface area (Å²) in [6.45, 7) is 4.85. The van der Waals surface area contributed by atoms with E-state index in [1.54, 1.807) is 6.92 Å². The molecule has 2 heterocycles. The van der Waals surface area contributed by atoms with Gasteiger partial charge in [0.1, 0.15) is 0 Å². The van der Waals surface area contributed by atoms with Gasteiger partial charge in [0.2, 0.25) is 17.7 Å². The Morgan fingerprint density at radius 2 is 1.02 bits per heavy atom. The maximum Gasteiger partial charge on any atom is 0.253 e. The van der Waals surface area contributed by atoms with E-state index in [0.717, 1.165) is 56.0 Å². The first kappa shape index (κ1) is 54.2. The second kappa shape index (κ2) is 32.3. The minimum absolute atomic E-state index is 0. The SMILES string of the molecule is C.C.C.C[C@@H](CCCCNC(=O)CCN1C(=O)C=CC1=O)C(=O)P=S.C[C@@H](CCCCNC(=O)CCN1C(=O)C=CC1=O)C(N)=O.S=PP=S.[HH].[HH]. The molecule has 0 saturated carbocycles. The fraction of sp³-hybridized carbons (Fsp3) is 0.613. The maximum atomic E-state index is 11.6. The standard InChI is InChI=1S/C14H21N3O4.C14H19N2O4PS.3CH4.P2S2.2H2/c1-10(14(15)21)4-2-3-8-16-11(18)7-9-17-12(19)5-6-13(17)20;1-10(14(20)21-22)4-2-3-8-15-11(17)7-9-16-12(18)5-6-13(16)19;;;;3-1-2-4;;/h5-6,10H,2-4,7-9H2,1H3,(H2,15,21)(H,16,18);5-6,10H,2-4,7-9H2,1H3,(H,15,17);3*1H4;;2*1H/t2*10-;;;;;;/m00....../s1. The number of rotatable bonds is 20. The van der Waals surface area contributed by atoms with E-state index in [1.165, 1.54) is 24.3 Å². The number of carbonyl (C=O) groups is 8. The van der Waals surface area contributed by atoms with Crippen molar-refractivity contribution in [3.8, 4) is 0 Å². The molecule has 50 heavy (non-hydrogen) atoms. The number of nitrogens with two attached hydrogens (primary N) is 1. The van der Waals surface area contributed by atoms with Crippen LogP contribution in [0.5, 0.6) is 0 Å². The number of unbranched alkanes of at least 4 members (excludes halogenated alkanes) is 2. The molecule has 0 aliphatic carbocycles. The van der Waals surface area contributed by atoms with E-state index in [0.29, 0.717) is 26.9 Å². The Hall–Kier alpha value is -2.60. The summed E-state index contributed by atoms with van der Waals surface area (Å²) in [6, 6.07) is 0. The van der Waals surface area contributed by atoms with Gasteiger partial charge in [0, 0.05) is 92.1 Å². The molecule has 4 N–H and O–H groups in total. The predicted molar refractivity (Wildman–Crippen MR) is 214 cm³/mol. The van der Waals surface area contributed by atoms with Gasteiger partial charge < -0.3 is 16.4 Å². The first-order chi connectivity index (χ1) is 22.3. The van der Waals surface area contributed by atoms with Crippen molar-refractivity contribution in [1.29, 1.82) is 0 Å². The van der Waals surface area contributed by atoms with Crippen molar-refractivity contribution < 1.29 is 41.2 Å². The first-order valence-electron chi connectivity index (χ1n) is 14.7. The molecule has 19 heteroatoms. The largest absolute Gasteiger partial charge is 0.369 e. The summed E-state index contributed by atoms with van der Waals surface area (Å²) in [5, 5.41) is 5.45. The third kappa shape index (κ3) is 24.5. The fourth-order valence-corrected chi connectivity index (χ4v) is 4.72. The van der Waals surface area contributed by atoms with E-state index in [-0.39, 0.29) is 110 Å². The van der Waals surface area contributed by atoms with Crippen LogP contribution >= 0.6 is 21.4 Å². The van der Waals surface area contributed by atoms with Crippen LogP contribution in [0.1, 0.15) is 90.3 Å². The summed E-state index contributed by atoms with van der Waals surface area (Å²) in [7, 11) is 2.12. The number of hydrogen-bond donors (Lipinski definition) is 3. The Kier molecular flexibility index (Phi) is 35.0. The van der Waals surface area contributed by atoms with Gasteiger partial charge in [-0.15, -0.1) is 0 Å². The Labute approximate surface area is 319 Å². The number of hydrogen-bond acceptors (Lipinski definition) is 11. The molecule has 0 aromatic carbocycles. The monoisotopic (exact) mass is 815 g/mol. The molecular weight excluding hydrogens is 759 g/mol. The summed E-state index contributed by atoms with van der Waals surface area (Å²) >= 11 is 13.5. The molecule has 0 radical (unpaired) electrons. The van der Waals surface area contributed by atoms with Crippen molar-refractivity contribution >= 4 is 104 Å². The fourth-order valence-electron chi connectivity index (χ4n) is 3.87. The van der Waals surface area contributed by atoms with E-state index in [2.05, 4.69) is 46.1 Å². The second-order valence-electron chi connectivity index (χ2n) is 10.3. The molecule has 2 rings (SSSR count). The van der Waals surface area contributed by atoms with Gasteiger partial charge in [0.25, 0.3) is 23.6 Å². The lowest BCUT2D eigenvalue weighted by Crippen LogP contribution is -2.35. The van der Waals surface area contributed by atoms with E-state index >= 15 is 0 Å². The molecule has 0 spiro atoms. The Morgan fingerprint density at radius 1 is 0.680 bits per heavy atom. The molecule has 2 aliphatic rings.